The maximum absolute atomic E-state index is 11.1. The summed E-state index contributed by atoms with van der Waals surface area (Å²) in [5, 5.41) is 0.577. The number of rotatable bonds is 8. The van der Waals surface area contributed by atoms with Crippen molar-refractivity contribution in [2.45, 2.75) is 24.3 Å². The van der Waals surface area contributed by atoms with Crippen molar-refractivity contribution in [3.8, 4) is 11.5 Å². The smallest absolute Gasteiger partial charge is 0.810 e. The van der Waals surface area contributed by atoms with Crippen molar-refractivity contribution in [1.82, 2.24) is 0 Å². The van der Waals surface area contributed by atoms with E-state index in [2.05, 4.69) is 0 Å². The fourth-order valence-electron chi connectivity index (χ4n) is 2.35. The molecular formula is C16H16ClK2O7PS. The van der Waals surface area contributed by atoms with E-state index in [1.807, 2.05) is 0 Å². The van der Waals surface area contributed by atoms with E-state index < -0.39 is 29.1 Å². The summed E-state index contributed by atoms with van der Waals surface area (Å²) in [7, 11) is -10.4. The molecule has 1 atom stereocenters. The number of ether oxygens (including phenoxy) is 1. The Balaban J connectivity index is 0.00000364. The van der Waals surface area contributed by atoms with Crippen molar-refractivity contribution in [3.05, 3.63) is 59.1 Å². The van der Waals surface area contributed by atoms with Gasteiger partial charge in [-0.05, 0) is 68.8 Å². The number of hydrogen-bond acceptors (Lipinski definition) is 6. The van der Waals surface area contributed by atoms with Crippen LogP contribution in [0.15, 0.2) is 48.5 Å². The average molecular weight is 497 g/mol. The van der Waals surface area contributed by atoms with Crippen LogP contribution in [0.4, 0.5) is 0 Å². The Morgan fingerprint density at radius 3 is 2.21 bits per heavy atom. The second-order valence-corrected chi connectivity index (χ2v) is 9.69. The van der Waals surface area contributed by atoms with Crippen molar-refractivity contribution in [3.63, 3.8) is 0 Å². The van der Waals surface area contributed by atoms with Crippen molar-refractivity contribution in [2.24, 2.45) is 0 Å². The van der Waals surface area contributed by atoms with Crippen LogP contribution in [-0.4, -0.2) is 18.0 Å². The largest absolute Gasteiger partial charge is 1.00 e. The van der Waals surface area contributed by atoms with Gasteiger partial charge in [0.25, 0.3) is 10.1 Å². The number of halogens is 1. The van der Waals surface area contributed by atoms with Crippen molar-refractivity contribution < 1.29 is 135 Å². The predicted octanol–water partition coefficient (Wildman–Crippen LogP) is -3.41. The third kappa shape index (κ3) is 10.5. The van der Waals surface area contributed by atoms with Gasteiger partial charge in [-0.15, -0.1) is 0 Å². The molecule has 0 amide bonds. The SMILES string of the molecule is O=P([O-])([O-])C(CCCc1cccc(Oc2ccc(Cl)cc2)c1)S(=O)(=O)O.[K+].[K+]. The van der Waals surface area contributed by atoms with Gasteiger partial charge in [0.05, 0.1) is 0 Å². The Labute approximate surface area is 254 Å². The zero-order chi connectivity index (χ0) is 19.4. The van der Waals surface area contributed by atoms with Crippen LogP contribution >= 0.6 is 19.2 Å². The van der Waals surface area contributed by atoms with Crippen molar-refractivity contribution >= 4 is 29.3 Å². The van der Waals surface area contributed by atoms with Gasteiger partial charge in [0.2, 0.25) is 0 Å². The Morgan fingerprint density at radius 2 is 1.68 bits per heavy atom. The van der Waals surface area contributed by atoms with Gasteiger partial charge in [-0.1, -0.05) is 23.7 Å². The van der Waals surface area contributed by atoms with E-state index in [0.29, 0.717) is 22.9 Å². The number of hydrogen-bond donors (Lipinski definition) is 1. The first kappa shape index (κ1) is 29.9. The molecule has 0 saturated carbocycles. The molecule has 0 spiro atoms. The topological polar surface area (TPSA) is 127 Å². The summed E-state index contributed by atoms with van der Waals surface area (Å²) >= 11 is 5.81. The summed E-state index contributed by atoms with van der Waals surface area (Å²) in [6, 6.07) is 13.7. The summed E-state index contributed by atoms with van der Waals surface area (Å²) in [5.74, 6) is 1.12. The van der Waals surface area contributed by atoms with Crippen LogP contribution in [0.3, 0.4) is 0 Å². The Kier molecular flexibility index (Phi) is 14.3. The minimum Gasteiger partial charge on any atom is -0.810 e. The molecule has 142 valence electrons. The molecule has 2 aromatic carbocycles. The molecule has 1 N–H and O–H groups in total. The van der Waals surface area contributed by atoms with E-state index in [1.165, 1.54) is 0 Å². The van der Waals surface area contributed by atoms with Gasteiger partial charge in [-0.25, -0.2) is 0 Å². The van der Waals surface area contributed by atoms with Crippen LogP contribution in [0.1, 0.15) is 18.4 Å². The van der Waals surface area contributed by atoms with E-state index in [9.17, 15) is 22.8 Å². The molecule has 0 aliphatic rings. The van der Waals surface area contributed by atoms with E-state index in [-0.39, 0.29) is 109 Å². The monoisotopic (exact) mass is 496 g/mol. The quantitative estimate of drug-likeness (QED) is 0.229. The molecule has 28 heavy (non-hydrogen) atoms. The van der Waals surface area contributed by atoms with E-state index in [1.54, 1.807) is 48.5 Å². The number of benzene rings is 2. The molecule has 0 aliphatic carbocycles. The maximum Gasteiger partial charge on any atom is 1.00 e. The zero-order valence-electron chi connectivity index (χ0n) is 15.4. The first-order valence-corrected chi connectivity index (χ1v) is 11.1. The third-order valence-corrected chi connectivity index (χ3v) is 7.27. The molecule has 7 nitrogen and oxygen atoms in total. The predicted molar refractivity (Wildman–Crippen MR) is 93.8 cm³/mol. The van der Waals surface area contributed by atoms with Crippen molar-refractivity contribution in [1.29, 1.82) is 0 Å². The summed E-state index contributed by atoms with van der Waals surface area (Å²) in [4.78, 5) is 19.7. The molecule has 0 heterocycles. The fourth-order valence-corrected chi connectivity index (χ4v) is 4.75. The summed E-state index contributed by atoms with van der Waals surface area (Å²) in [6.07, 6.45) is -0.0848. The van der Waals surface area contributed by atoms with Crippen LogP contribution in [-0.2, 0) is 21.1 Å². The molecule has 1 unspecified atom stereocenters. The van der Waals surface area contributed by atoms with Gasteiger partial charge in [0.15, 0.2) is 0 Å². The van der Waals surface area contributed by atoms with Gasteiger partial charge < -0.3 is 19.1 Å². The van der Waals surface area contributed by atoms with E-state index >= 15 is 0 Å². The summed E-state index contributed by atoms with van der Waals surface area (Å²) in [6.45, 7) is 0. The van der Waals surface area contributed by atoms with Crippen LogP contribution < -0.4 is 117 Å². The molecule has 0 aliphatic heterocycles. The zero-order valence-corrected chi connectivity index (χ0v) is 24.2. The van der Waals surface area contributed by atoms with Crippen LogP contribution in [0.2, 0.25) is 5.02 Å². The number of aryl methyl sites for hydroxylation is 1. The standard InChI is InChI=1S/C16H18ClO7PS.2K/c17-13-7-9-14(10-8-13)24-15-5-1-3-12(11-15)4-2-6-16(25(18,19)20)26(21,22)23;;/h1,3,5,7-11,16H,2,4,6H2,(H2,18,19,20)(H,21,22,23);;/q;2*+1/p-2. The minimum atomic E-state index is -5.45. The summed E-state index contributed by atoms with van der Waals surface area (Å²) < 4.78 is 47.7. The molecular weight excluding hydrogens is 481 g/mol. The molecule has 0 saturated heterocycles. The third-order valence-electron chi connectivity index (χ3n) is 3.56. The van der Waals surface area contributed by atoms with Crippen LogP contribution in [0, 0.1) is 0 Å². The van der Waals surface area contributed by atoms with Crippen LogP contribution in [0.25, 0.3) is 0 Å². The van der Waals surface area contributed by atoms with Crippen molar-refractivity contribution in [2.75, 3.05) is 0 Å². The normalized spacial score (nSPS) is 12.4. The van der Waals surface area contributed by atoms with Gasteiger partial charge in [0, 0.05) is 5.02 Å². The molecule has 0 bridgehead atoms. The van der Waals surface area contributed by atoms with Gasteiger partial charge in [-0.2, -0.15) is 8.42 Å². The van der Waals surface area contributed by atoms with Gasteiger partial charge in [0.1, 0.15) is 16.5 Å². The maximum atomic E-state index is 11.1. The van der Waals surface area contributed by atoms with E-state index in [0.717, 1.165) is 5.56 Å². The van der Waals surface area contributed by atoms with Gasteiger partial charge in [-0.3, -0.25) is 4.55 Å². The minimum absolute atomic E-state index is 0. The summed E-state index contributed by atoms with van der Waals surface area (Å²) in [5.41, 5.74) is 0.761. The molecule has 12 heteroatoms. The first-order chi connectivity index (χ1) is 12.1. The molecule has 2 aromatic rings. The fraction of sp³-hybridized carbons (Fsp3) is 0.250. The molecule has 2 rings (SSSR count). The average Bonchev–Trinajstić information content (AvgIpc) is 2.52. The van der Waals surface area contributed by atoms with Gasteiger partial charge >= 0.3 is 103 Å². The first-order valence-electron chi connectivity index (χ1n) is 7.56. The Hall–Kier alpha value is 1.86. The molecule has 0 aromatic heterocycles. The Bertz CT molecular complexity index is 903. The Morgan fingerprint density at radius 1 is 1.07 bits per heavy atom. The van der Waals surface area contributed by atoms with E-state index in [4.69, 9.17) is 20.9 Å². The van der Waals surface area contributed by atoms with Crippen LogP contribution in [0.5, 0.6) is 11.5 Å². The molecule has 0 fully saturated rings. The second kappa shape index (κ2) is 13.4. The molecule has 0 radical (unpaired) electrons. The second-order valence-electron chi connectivity index (χ2n) is 5.61.